The molecule has 1 rings (SSSR count). The van der Waals surface area contributed by atoms with E-state index in [0.717, 1.165) is 5.56 Å². The van der Waals surface area contributed by atoms with E-state index >= 15 is 0 Å². The molecule has 0 fully saturated rings. The molecule has 1 aromatic carbocycles. The van der Waals surface area contributed by atoms with Crippen molar-refractivity contribution >= 4 is 23.5 Å². The molecule has 0 saturated heterocycles. The molecule has 3 amide bonds. The molecule has 0 unspecified atom stereocenters. The van der Waals surface area contributed by atoms with Gasteiger partial charge in [0.2, 0.25) is 17.7 Å². The molecule has 0 spiro atoms. The Labute approximate surface area is 171 Å². The van der Waals surface area contributed by atoms with Crippen molar-refractivity contribution in [2.24, 2.45) is 5.41 Å². The average Bonchev–Trinajstić information content (AvgIpc) is 2.68. The molecule has 8 nitrogen and oxygen atoms in total. The van der Waals surface area contributed by atoms with Crippen molar-refractivity contribution in [3.63, 3.8) is 0 Å². The zero-order valence-electron chi connectivity index (χ0n) is 17.5. The van der Waals surface area contributed by atoms with Crippen LogP contribution in [0.2, 0.25) is 0 Å². The number of ketones is 1. The SMILES string of the molecule is CCC(=O)N[C@@H](Cc1ccccc1)C(=O)NCC(=O)NCOCC(=O)C(C)(C)C. The maximum atomic E-state index is 12.5. The van der Waals surface area contributed by atoms with Gasteiger partial charge in [0.1, 0.15) is 19.4 Å². The van der Waals surface area contributed by atoms with Crippen LogP contribution < -0.4 is 16.0 Å². The van der Waals surface area contributed by atoms with E-state index in [1.165, 1.54) is 0 Å². The molecular formula is C21H31N3O5. The largest absolute Gasteiger partial charge is 0.353 e. The Hall–Kier alpha value is -2.74. The number of nitrogens with one attached hydrogen (secondary N) is 3. The Morgan fingerprint density at radius 1 is 1.00 bits per heavy atom. The van der Waals surface area contributed by atoms with Gasteiger partial charge in [0.25, 0.3) is 0 Å². The van der Waals surface area contributed by atoms with Gasteiger partial charge < -0.3 is 20.7 Å². The molecule has 0 aliphatic rings. The van der Waals surface area contributed by atoms with Crippen LogP contribution in [-0.2, 0) is 30.3 Å². The van der Waals surface area contributed by atoms with Crippen molar-refractivity contribution in [3.8, 4) is 0 Å². The number of carbonyl (C=O) groups excluding carboxylic acids is 4. The van der Waals surface area contributed by atoms with Crippen LogP contribution in [0.3, 0.4) is 0 Å². The van der Waals surface area contributed by atoms with Gasteiger partial charge in [-0.3, -0.25) is 19.2 Å². The molecule has 29 heavy (non-hydrogen) atoms. The lowest BCUT2D eigenvalue weighted by molar-refractivity contribution is -0.133. The van der Waals surface area contributed by atoms with Crippen LogP contribution in [0, 0.1) is 5.41 Å². The number of benzene rings is 1. The van der Waals surface area contributed by atoms with E-state index in [1.54, 1.807) is 27.7 Å². The van der Waals surface area contributed by atoms with Gasteiger partial charge >= 0.3 is 0 Å². The second kappa shape index (κ2) is 12.0. The van der Waals surface area contributed by atoms with E-state index in [2.05, 4.69) is 16.0 Å². The first-order valence-electron chi connectivity index (χ1n) is 9.62. The smallest absolute Gasteiger partial charge is 0.243 e. The van der Waals surface area contributed by atoms with Crippen LogP contribution in [0.1, 0.15) is 39.7 Å². The summed E-state index contributed by atoms with van der Waals surface area (Å²) in [7, 11) is 0. The standard InChI is InChI=1S/C21H31N3O5/c1-5-18(26)24-16(11-15-9-7-6-8-10-15)20(28)22-12-19(27)23-14-29-13-17(25)21(2,3)4/h6-10,16H,5,11-14H2,1-4H3,(H,22,28)(H,23,27)(H,24,26)/t16-/m0/s1. The highest BCUT2D eigenvalue weighted by Gasteiger charge is 2.22. The Morgan fingerprint density at radius 3 is 2.24 bits per heavy atom. The highest BCUT2D eigenvalue weighted by atomic mass is 16.5. The van der Waals surface area contributed by atoms with Crippen molar-refractivity contribution < 1.29 is 23.9 Å². The minimum Gasteiger partial charge on any atom is -0.353 e. The van der Waals surface area contributed by atoms with Gasteiger partial charge in [0.05, 0.1) is 6.54 Å². The van der Waals surface area contributed by atoms with Crippen molar-refractivity contribution in [3.05, 3.63) is 35.9 Å². The van der Waals surface area contributed by atoms with Gasteiger partial charge in [-0.1, -0.05) is 58.0 Å². The third kappa shape index (κ3) is 9.84. The monoisotopic (exact) mass is 405 g/mol. The molecule has 0 saturated carbocycles. The third-order valence-electron chi connectivity index (χ3n) is 4.12. The summed E-state index contributed by atoms with van der Waals surface area (Å²) < 4.78 is 5.14. The van der Waals surface area contributed by atoms with Crippen LogP contribution in [0.25, 0.3) is 0 Å². The fourth-order valence-corrected chi connectivity index (χ4v) is 2.20. The quantitative estimate of drug-likeness (QED) is 0.375. The maximum Gasteiger partial charge on any atom is 0.243 e. The Kier molecular flexibility index (Phi) is 10.0. The molecule has 0 aliphatic carbocycles. The molecule has 0 aliphatic heterocycles. The second-order valence-corrected chi connectivity index (χ2v) is 7.65. The maximum absolute atomic E-state index is 12.5. The number of rotatable bonds is 11. The van der Waals surface area contributed by atoms with Crippen molar-refractivity contribution in [1.29, 1.82) is 0 Å². The van der Waals surface area contributed by atoms with Gasteiger partial charge in [-0.25, -0.2) is 0 Å². The summed E-state index contributed by atoms with van der Waals surface area (Å²) in [4.78, 5) is 47.8. The highest BCUT2D eigenvalue weighted by molar-refractivity contribution is 5.90. The summed E-state index contributed by atoms with van der Waals surface area (Å²) >= 11 is 0. The van der Waals surface area contributed by atoms with E-state index < -0.39 is 23.3 Å². The number of hydrogen-bond acceptors (Lipinski definition) is 5. The first-order valence-corrected chi connectivity index (χ1v) is 9.62. The Balaban J connectivity index is 2.45. The van der Waals surface area contributed by atoms with Crippen LogP contribution in [0.4, 0.5) is 0 Å². The molecule has 1 atom stereocenters. The fraction of sp³-hybridized carbons (Fsp3) is 0.524. The lowest BCUT2D eigenvalue weighted by Gasteiger charge is -2.18. The summed E-state index contributed by atoms with van der Waals surface area (Å²) in [6.07, 6.45) is 0.571. The molecule has 0 bridgehead atoms. The molecule has 0 heterocycles. The van der Waals surface area contributed by atoms with Gasteiger partial charge in [-0.2, -0.15) is 0 Å². The van der Waals surface area contributed by atoms with E-state index in [0.29, 0.717) is 6.42 Å². The number of amides is 3. The van der Waals surface area contributed by atoms with Crippen molar-refractivity contribution in [2.75, 3.05) is 19.9 Å². The molecule has 0 aromatic heterocycles. The zero-order chi connectivity index (χ0) is 21.9. The van der Waals surface area contributed by atoms with Gasteiger partial charge in [0, 0.05) is 18.3 Å². The summed E-state index contributed by atoms with van der Waals surface area (Å²) in [5.74, 6) is -1.23. The summed E-state index contributed by atoms with van der Waals surface area (Å²) in [6, 6.07) is 8.51. The minimum atomic E-state index is -0.779. The summed E-state index contributed by atoms with van der Waals surface area (Å²) in [5, 5.41) is 7.66. The Morgan fingerprint density at radius 2 is 1.66 bits per heavy atom. The van der Waals surface area contributed by atoms with E-state index in [1.807, 2.05) is 30.3 Å². The number of ether oxygens (including phenoxy) is 1. The predicted molar refractivity (Wildman–Crippen MR) is 109 cm³/mol. The molecule has 8 heteroatoms. The van der Waals surface area contributed by atoms with Crippen LogP contribution in [0.15, 0.2) is 30.3 Å². The van der Waals surface area contributed by atoms with Crippen molar-refractivity contribution in [1.82, 2.24) is 16.0 Å². The molecular weight excluding hydrogens is 374 g/mol. The summed E-state index contributed by atoms with van der Waals surface area (Å²) in [6.45, 7) is 6.57. The van der Waals surface area contributed by atoms with E-state index in [-0.39, 0.29) is 38.0 Å². The predicted octanol–water partition coefficient (Wildman–Crippen LogP) is 0.946. The van der Waals surface area contributed by atoms with Crippen molar-refractivity contribution in [2.45, 2.75) is 46.6 Å². The third-order valence-corrected chi connectivity index (χ3v) is 4.12. The van der Waals surface area contributed by atoms with Crippen LogP contribution in [-0.4, -0.2) is 49.4 Å². The lowest BCUT2D eigenvalue weighted by atomic mass is 9.91. The normalized spacial score (nSPS) is 12.0. The number of carbonyl (C=O) groups is 4. The van der Waals surface area contributed by atoms with Crippen LogP contribution >= 0.6 is 0 Å². The fourth-order valence-electron chi connectivity index (χ4n) is 2.20. The van der Waals surface area contributed by atoms with E-state index in [4.69, 9.17) is 4.74 Å². The van der Waals surface area contributed by atoms with Gasteiger partial charge in [-0.15, -0.1) is 0 Å². The topological polar surface area (TPSA) is 114 Å². The first kappa shape index (κ1) is 24.3. The number of Topliss-reactive ketones (excluding diaryl/α,β-unsaturated/α-hetero) is 1. The lowest BCUT2D eigenvalue weighted by Crippen LogP contribution is -2.50. The average molecular weight is 405 g/mol. The molecule has 160 valence electrons. The van der Waals surface area contributed by atoms with Crippen LogP contribution in [0.5, 0.6) is 0 Å². The summed E-state index contributed by atoms with van der Waals surface area (Å²) in [5.41, 5.74) is 0.389. The molecule has 3 N–H and O–H groups in total. The zero-order valence-corrected chi connectivity index (χ0v) is 17.5. The van der Waals surface area contributed by atoms with Gasteiger partial charge in [0.15, 0.2) is 5.78 Å². The molecule has 0 radical (unpaired) electrons. The molecule has 1 aromatic rings. The Bertz CT molecular complexity index is 698. The second-order valence-electron chi connectivity index (χ2n) is 7.65. The first-order chi connectivity index (χ1) is 13.6. The van der Waals surface area contributed by atoms with E-state index in [9.17, 15) is 19.2 Å². The minimum absolute atomic E-state index is 0.0736. The highest BCUT2D eigenvalue weighted by Crippen LogP contribution is 2.14. The number of hydrogen-bond donors (Lipinski definition) is 3. The van der Waals surface area contributed by atoms with Gasteiger partial charge in [-0.05, 0) is 5.56 Å².